The van der Waals surface area contributed by atoms with Gasteiger partial charge in [0, 0.05) is 12.1 Å². The molecule has 1 rings (SSSR count). The van der Waals surface area contributed by atoms with Gasteiger partial charge in [-0.15, -0.1) is 0 Å². The maximum absolute atomic E-state index is 9.00. The van der Waals surface area contributed by atoms with Gasteiger partial charge in [0.05, 0.1) is 6.61 Å². The molecule has 1 aliphatic heterocycles. The lowest BCUT2D eigenvalue weighted by atomic mass is 9.85. The normalized spacial score (nSPS) is 38.4. The van der Waals surface area contributed by atoms with E-state index in [2.05, 4.69) is 26.1 Å². The Bertz CT molecular complexity index is 133. The van der Waals surface area contributed by atoms with Crippen LogP contribution in [-0.4, -0.2) is 23.8 Å². The SMILES string of the molecule is CC1(C)CN[C@](C)(CO)C1. The third-order valence-electron chi connectivity index (χ3n) is 2.21. The lowest BCUT2D eigenvalue weighted by molar-refractivity contribution is 0.183. The lowest BCUT2D eigenvalue weighted by Crippen LogP contribution is -2.39. The van der Waals surface area contributed by atoms with Gasteiger partial charge < -0.3 is 10.4 Å². The van der Waals surface area contributed by atoms with Crippen molar-refractivity contribution in [3.8, 4) is 0 Å². The first-order valence-corrected chi connectivity index (χ1v) is 3.83. The number of rotatable bonds is 1. The van der Waals surface area contributed by atoms with Gasteiger partial charge in [0.15, 0.2) is 0 Å². The molecule has 0 aliphatic carbocycles. The van der Waals surface area contributed by atoms with Crippen molar-refractivity contribution >= 4 is 0 Å². The van der Waals surface area contributed by atoms with Gasteiger partial charge in [0.2, 0.25) is 0 Å². The van der Waals surface area contributed by atoms with Crippen molar-refractivity contribution in [1.29, 1.82) is 0 Å². The van der Waals surface area contributed by atoms with E-state index in [1.807, 2.05) is 0 Å². The molecule has 0 aromatic heterocycles. The highest BCUT2D eigenvalue weighted by Crippen LogP contribution is 2.33. The molecule has 1 saturated heterocycles. The second-order valence-corrected chi connectivity index (χ2v) is 4.41. The summed E-state index contributed by atoms with van der Waals surface area (Å²) in [5.74, 6) is 0. The van der Waals surface area contributed by atoms with Crippen molar-refractivity contribution in [2.75, 3.05) is 13.2 Å². The molecule has 1 aliphatic rings. The van der Waals surface area contributed by atoms with Crippen LogP contribution in [0, 0.1) is 5.41 Å². The van der Waals surface area contributed by atoms with E-state index in [-0.39, 0.29) is 12.1 Å². The molecular formula is C8H17NO. The number of hydrogen-bond donors (Lipinski definition) is 2. The lowest BCUT2D eigenvalue weighted by Gasteiger charge is -2.22. The molecule has 0 aromatic carbocycles. The van der Waals surface area contributed by atoms with Crippen molar-refractivity contribution < 1.29 is 5.11 Å². The minimum atomic E-state index is -0.0243. The zero-order chi connectivity index (χ0) is 7.83. The highest BCUT2D eigenvalue weighted by Gasteiger charge is 2.38. The molecule has 1 atom stereocenters. The molecule has 2 nitrogen and oxygen atoms in total. The van der Waals surface area contributed by atoms with E-state index in [1.165, 1.54) is 0 Å². The molecule has 1 heterocycles. The Morgan fingerprint density at radius 3 is 2.20 bits per heavy atom. The van der Waals surface area contributed by atoms with Crippen LogP contribution in [0.5, 0.6) is 0 Å². The van der Waals surface area contributed by atoms with Crippen LogP contribution in [0.3, 0.4) is 0 Å². The van der Waals surface area contributed by atoms with Gasteiger partial charge in [-0.2, -0.15) is 0 Å². The van der Waals surface area contributed by atoms with Gasteiger partial charge in [0.1, 0.15) is 0 Å². The summed E-state index contributed by atoms with van der Waals surface area (Å²) in [5, 5.41) is 12.3. The number of hydrogen-bond acceptors (Lipinski definition) is 2. The highest BCUT2D eigenvalue weighted by atomic mass is 16.3. The van der Waals surface area contributed by atoms with E-state index in [4.69, 9.17) is 5.11 Å². The molecule has 1 fully saturated rings. The van der Waals surface area contributed by atoms with E-state index in [9.17, 15) is 0 Å². The summed E-state index contributed by atoms with van der Waals surface area (Å²) >= 11 is 0. The minimum absolute atomic E-state index is 0.0243. The first-order chi connectivity index (χ1) is 4.47. The Morgan fingerprint density at radius 2 is 2.00 bits per heavy atom. The first kappa shape index (κ1) is 8.02. The van der Waals surface area contributed by atoms with Crippen LogP contribution < -0.4 is 5.32 Å². The van der Waals surface area contributed by atoms with Crippen molar-refractivity contribution in [3.63, 3.8) is 0 Å². The van der Waals surface area contributed by atoms with Gasteiger partial charge in [-0.3, -0.25) is 0 Å². The fourth-order valence-corrected chi connectivity index (χ4v) is 1.75. The fraction of sp³-hybridized carbons (Fsp3) is 1.00. The Morgan fingerprint density at radius 1 is 1.40 bits per heavy atom. The third kappa shape index (κ3) is 1.50. The molecule has 0 unspecified atom stereocenters. The van der Waals surface area contributed by atoms with Crippen LogP contribution in [0.15, 0.2) is 0 Å². The van der Waals surface area contributed by atoms with Gasteiger partial charge in [-0.1, -0.05) is 13.8 Å². The van der Waals surface area contributed by atoms with Crippen LogP contribution in [0.25, 0.3) is 0 Å². The van der Waals surface area contributed by atoms with Crippen molar-refractivity contribution in [2.45, 2.75) is 32.7 Å². The largest absolute Gasteiger partial charge is 0.394 e. The molecule has 0 amide bonds. The van der Waals surface area contributed by atoms with Crippen LogP contribution in [0.1, 0.15) is 27.2 Å². The maximum atomic E-state index is 9.00. The number of aliphatic hydroxyl groups excluding tert-OH is 1. The Hall–Kier alpha value is -0.0800. The quantitative estimate of drug-likeness (QED) is 0.568. The van der Waals surface area contributed by atoms with Crippen molar-refractivity contribution in [2.24, 2.45) is 5.41 Å². The summed E-state index contributed by atoms with van der Waals surface area (Å²) in [7, 11) is 0. The molecule has 2 N–H and O–H groups in total. The molecule has 0 radical (unpaired) electrons. The number of aliphatic hydroxyl groups is 1. The van der Waals surface area contributed by atoms with E-state index in [0.29, 0.717) is 5.41 Å². The second-order valence-electron chi connectivity index (χ2n) is 4.41. The standard InChI is InChI=1S/C8H17NO/c1-7(2)4-8(3,6-10)9-5-7/h9-10H,4-6H2,1-3H3/t8-/m0/s1. The van der Waals surface area contributed by atoms with E-state index in [0.717, 1.165) is 13.0 Å². The van der Waals surface area contributed by atoms with E-state index in [1.54, 1.807) is 0 Å². The monoisotopic (exact) mass is 143 g/mol. The molecular weight excluding hydrogens is 126 g/mol. The summed E-state index contributed by atoms with van der Waals surface area (Å²) in [6.45, 7) is 7.78. The molecule has 60 valence electrons. The van der Waals surface area contributed by atoms with Crippen molar-refractivity contribution in [3.05, 3.63) is 0 Å². The third-order valence-corrected chi connectivity index (χ3v) is 2.21. The predicted molar refractivity (Wildman–Crippen MR) is 41.9 cm³/mol. The Labute approximate surface area is 62.6 Å². The second kappa shape index (κ2) is 2.21. The molecule has 0 saturated carbocycles. The van der Waals surface area contributed by atoms with Crippen molar-refractivity contribution in [1.82, 2.24) is 5.32 Å². The fourth-order valence-electron chi connectivity index (χ4n) is 1.75. The average molecular weight is 143 g/mol. The molecule has 2 heteroatoms. The minimum Gasteiger partial charge on any atom is -0.394 e. The summed E-state index contributed by atoms with van der Waals surface area (Å²) in [6, 6.07) is 0. The zero-order valence-corrected chi connectivity index (χ0v) is 7.07. The van der Waals surface area contributed by atoms with Crippen LogP contribution in [0.2, 0.25) is 0 Å². The van der Waals surface area contributed by atoms with Crippen LogP contribution >= 0.6 is 0 Å². The van der Waals surface area contributed by atoms with Crippen LogP contribution in [0.4, 0.5) is 0 Å². The average Bonchev–Trinajstić information content (AvgIpc) is 2.08. The Kier molecular flexibility index (Phi) is 1.77. The van der Waals surface area contributed by atoms with Gasteiger partial charge in [0.25, 0.3) is 0 Å². The summed E-state index contributed by atoms with van der Waals surface area (Å²) in [4.78, 5) is 0. The summed E-state index contributed by atoms with van der Waals surface area (Å²) < 4.78 is 0. The highest BCUT2D eigenvalue weighted by molar-refractivity contribution is 4.96. The maximum Gasteiger partial charge on any atom is 0.0610 e. The topological polar surface area (TPSA) is 32.3 Å². The summed E-state index contributed by atoms with van der Waals surface area (Å²) in [5.41, 5.74) is 0.334. The first-order valence-electron chi connectivity index (χ1n) is 3.83. The van der Waals surface area contributed by atoms with Crippen LogP contribution in [-0.2, 0) is 0 Å². The predicted octanol–water partition coefficient (Wildman–Crippen LogP) is 0.757. The Balaban J connectivity index is 2.57. The van der Waals surface area contributed by atoms with Gasteiger partial charge in [-0.25, -0.2) is 0 Å². The smallest absolute Gasteiger partial charge is 0.0610 e. The molecule has 10 heavy (non-hydrogen) atoms. The molecule has 0 spiro atoms. The molecule has 0 bridgehead atoms. The number of nitrogens with one attached hydrogen (secondary N) is 1. The van der Waals surface area contributed by atoms with E-state index >= 15 is 0 Å². The molecule has 0 aromatic rings. The van der Waals surface area contributed by atoms with Gasteiger partial charge in [-0.05, 0) is 18.8 Å². The van der Waals surface area contributed by atoms with E-state index < -0.39 is 0 Å². The summed E-state index contributed by atoms with van der Waals surface area (Å²) in [6.07, 6.45) is 1.07. The zero-order valence-electron chi connectivity index (χ0n) is 7.07. The van der Waals surface area contributed by atoms with Gasteiger partial charge >= 0.3 is 0 Å².